The topological polar surface area (TPSA) is 38.3 Å². The molecule has 1 atom stereocenters. The summed E-state index contributed by atoms with van der Waals surface area (Å²) in [6, 6.07) is 11.7. The average Bonchev–Trinajstić information content (AvgIpc) is 2.47. The molecule has 0 heterocycles. The van der Waals surface area contributed by atoms with Crippen LogP contribution in [0.2, 0.25) is 0 Å². The summed E-state index contributed by atoms with van der Waals surface area (Å²) < 4.78 is 18.6. The van der Waals surface area contributed by atoms with Crippen LogP contribution in [-0.2, 0) is 0 Å². The molecule has 0 saturated heterocycles. The van der Waals surface area contributed by atoms with Crippen LogP contribution in [0.4, 0.5) is 4.39 Å². The summed E-state index contributed by atoms with van der Waals surface area (Å²) in [5.74, 6) is -0.430. The van der Waals surface area contributed by atoms with Crippen LogP contribution in [-0.4, -0.2) is 13.0 Å². The Labute approximate surface area is 123 Å². The van der Waals surface area contributed by atoms with Crippen LogP contribution < -0.4 is 10.1 Å². The van der Waals surface area contributed by atoms with Crippen LogP contribution in [0, 0.1) is 12.7 Å². The minimum absolute atomic E-state index is 0.182. The lowest BCUT2D eigenvalue weighted by Crippen LogP contribution is -2.26. The average molecular weight is 287 g/mol. The SMILES string of the molecule is COc1ccc(C(C)NC(=O)c2ccc(C)cc2)cc1F. The Hall–Kier alpha value is -2.36. The minimum Gasteiger partial charge on any atom is -0.494 e. The molecule has 0 bridgehead atoms. The van der Waals surface area contributed by atoms with Gasteiger partial charge in [-0.2, -0.15) is 0 Å². The predicted octanol–water partition coefficient (Wildman–Crippen LogP) is 3.63. The summed E-state index contributed by atoms with van der Waals surface area (Å²) in [6.45, 7) is 3.78. The number of halogens is 1. The van der Waals surface area contributed by atoms with Gasteiger partial charge in [-0.25, -0.2) is 4.39 Å². The maximum atomic E-state index is 13.7. The second-order valence-corrected chi connectivity index (χ2v) is 4.96. The van der Waals surface area contributed by atoms with Gasteiger partial charge in [-0.05, 0) is 43.7 Å². The van der Waals surface area contributed by atoms with E-state index in [1.807, 2.05) is 26.0 Å². The zero-order chi connectivity index (χ0) is 15.4. The van der Waals surface area contributed by atoms with Gasteiger partial charge in [0.2, 0.25) is 0 Å². The summed E-state index contributed by atoms with van der Waals surface area (Å²) in [6.07, 6.45) is 0. The zero-order valence-corrected chi connectivity index (χ0v) is 12.3. The largest absolute Gasteiger partial charge is 0.494 e. The number of nitrogens with one attached hydrogen (secondary N) is 1. The van der Waals surface area contributed by atoms with E-state index in [2.05, 4.69) is 5.32 Å². The fourth-order valence-electron chi connectivity index (χ4n) is 2.02. The number of ether oxygens (including phenoxy) is 1. The summed E-state index contributed by atoms with van der Waals surface area (Å²) >= 11 is 0. The molecule has 1 unspecified atom stereocenters. The Morgan fingerprint density at radius 2 is 1.86 bits per heavy atom. The Morgan fingerprint density at radius 3 is 2.43 bits per heavy atom. The van der Waals surface area contributed by atoms with Gasteiger partial charge in [0.25, 0.3) is 5.91 Å². The molecule has 0 fully saturated rings. The molecule has 3 nitrogen and oxygen atoms in total. The van der Waals surface area contributed by atoms with Gasteiger partial charge in [0.1, 0.15) is 0 Å². The third-order valence-electron chi connectivity index (χ3n) is 3.34. The maximum absolute atomic E-state index is 13.7. The van der Waals surface area contributed by atoms with Gasteiger partial charge in [-0.3, -0.25) is 4.79 Å². The Balaban J connectivity index is 2.10. The van der Waals surface area contributed by atoms with Crippen LogP contribution in [0.3, 0.4) is 0 Å². The molecule has 0 aliphatic rings. The molecule has 0 radical (unpaired) electrons. The first-order chi connectivity index (χ1) is 10.0. The van der Waals surface area contributed by atoms with Crippen molar-refractivity contribution < 1.29 is 13.9 Å². The highest BCUT2D eigenvalue weighted by atomic mass is 19.1. The highest BCUT2D eigenvalue weighted by Gasteiger charge is 2.13. The van der Waals surface area contributed by atoms with Gasteiger partial charge < -0.3 is 10.1 Å². The number of aryl methyl sites for hydroxylation is 1. The van der Waals surface area contributed by atoms with Crippen LogP contribution in [0.5, 0.6) is 5.75 Å². The van der Waals surface area contributed by atoms with E-state index in [9.17, 15) is 9.18 Å². The van der Waals surface area contributed by atoms with E-state index in [1.54, 1.807) is 24.3 Å². The normalized spacial score (nSPS) is 11.8. The summed E-state index contributed by atoms with van der Waals surface area (Å²) in [4.78, 5) is 12.1. The number of rotatable bonds is 4. The second-order valence-electron chi connectivity index (χ2n) is 4.96. The molecule has 0 aromatic heterocycles. The smallest absolute Gasteiger partial charge is 0.251 e. The van der Waals surface area contributed by atoms with Crippen molar-refractivity contribution in [2.75, 3.05) is 7.11 Å². The van der Waals surface area contributed by atoms with E-state index < -0.39 is 5.82 Å². The third kappa shape index (κ3) is 3.60. The van der Waals surface area contributed by atoms with Crippen molar-refractivity contribution in [3.63, 3.8) is 0 Å². The Bertz CT molecular complexity index is 638. The second kappa shape index (κ2) is 6.39. The number of carbonyl (C=O) groups excluding carboxylic acids is 1. The lowest BCUT2D eigenvalue weighted by molar-refractivity contribution is 0.0940. The molecule has 21 heavy (non-hydrogen) atoms. The molecule has 0 saturated carbocycles. The minimum atomic E-state index is -0.438. The molecule has 2 aromatic carbocycles. The molecule has 110 valence electrons. The van der Waals surface area contributed by atoms with Crippen LogP contribution in [0.15, 0.2) is 42.5 Å². The van der Waals surface area contributed by atoms with E-state index >= 15 is 0 Å². The van der Waals surface area contributed by atoms with Crippen molar-refractivity contribution in [3.05, 3.63) is 65.0 Å². The van der Waals surface area contributed by atoms with E-state index in [4.69, 9.17) is 4.74 Å². The van der Waals surface area contributed by atoms with Gasteiger partial charge in [-0.15, -0.1) is 0 Å². The summed E-state index contributed by atoms with van der Waals surface area (Å²) in [7, 11) is 1.42. The first-order valence-electron chi connectivity index (χ1n) is 6.72. The molecule has 0 spiro atoms. The van der Waals surface area contributed by atoms with E-state index in [-0.39, 0.29) is 17.7 Å². The predicted molar refractivity (Wildman–Crippen MR) is 80.0 cm³/mol. The Kier molecular flexibility index (Phi) is 4.58. The summed E-state index contributed by atoms with van der Waals surface area (Å²) in [5.41, 5.74) is 2.37. The van der Waals surface area contributed by atoms with Crippen LogP contribution >= 0.6 is 0 Å². The van der Waals surface area contributed by atoms with Gasteiger partial charge in [-0.1, -0.05) is 23.8 Å². The highest BCUT2D eigenvalue weighted by Crippen LogP contribution is 2.22. The molecule has 0 aliphatic heterocycles. The number of hydrogen-bond acceptors (Lipinski definition) is 2. The fraction of sp³-hybridized carbons (Fsp3) is 0.235. The lowest BCUT2D eigenvalue weighted by atomic mass is 10.1. The molecule has 1 amide bonds. The number of benzene rings is 2. The Morgan fingerprint density at radius 1 is 1.19 bits per heavy atom. The molecule has 1 N–H and O–H groups in total. The molecular weight excluding hydrogens is 269 g/mol. The quantitative estimate of drug-likeness (QED) is 0.932. The van der Waals surface area contributed by atoms with E-state index in [0.717, 1.165) is 5.56 Å². The fourth-order valence-corrected chi connectivity index (χ4v) is 2.02. The van der Waals surface area contributed by atoms with E-state index in [1.165, 1.54) is 13.2 Å². The van der Waals surface area contributed by atoms with Crippen molar-refractivity contribution in [2.24, 2.45) is 0 Å². The van der Waals surface area contributed by atoms with Crippen molar-refractivity contribution in [3.8, 4) is 5.75 Å². The number of carbonyl (C=O) groups is 1. The molecule has 0 aliphatic carbocycles. The van der Waals surface area contributed by atoms with Crippen molar-refractivity contribution >= 4 is 5.91 Å². The number of hydrogen-bond donors (Lipinski definition) is 1. The van der Waals surface area contributed by atoms with Gasteiger partial charge in [0.05, 0.1) is 13.2 Å². The van der Waals surface area contributed by atoms with Gasteiger partial charge >= 0.3 is 0 Å². The zero-order valence-electron chi connectivity index (χ0n) is 12.3. The lowest BCUT2D eigenvalue weighted by Gasteiger charge is -2.15. The van der Waals surface area contributed by atoms with Crippen molar-refractivity contribution in [2.45, 2.75) is 19.9 Å². The molecular formula is C17H18FNO2. The van der Waals surface area contributed by atoms with E-state index in [0.29, 0.717) is 11.1 Å². The third-order valence-corrected chi connectivity index (χ3v) is 3.34. The molecule has 2 aromatic rings. The van der Waals surface area contributed by atoms with Crippen LogP contribution in [0.1, 0.15) is 34.5 Å². The number of amides is 1. The first kappa shape index (κ1) is 15.0. The standard InChI is InChI=1S/C17H18FNO2/c1-11-4-6-13(7-5-11)17(20)19-12(2)14-8-9-16(21-3)15(18)10-14/h4-10,12H,1-3H3,(H,19,20). The maximum Gasteiger partial charge on any atom is 0.251 e. The van der Waals surface area contributed by atoms with Gasteiger partial charge in [0, 0.05) is 5.56 Å². The van der Waals surface area contributed by atoms with Crippen molar-refractivity contribution in [1.82, 2.24) is 5.32 Å². The molecule has 4 heteroatoms. The highest BCUT2D eigenvalue weighted by molar-refractivity contribution is 5.94. The monoisotopic (exact) mass is 287 g/mol. The summed E-state index contributed by atoms with van der Waals surface area (Å²) in [5, 5.41) is 2.85. The van der Waals surface area contributed by atoms with Crippen LogP contribution in [0.25, 0.3) is 0 Å². The first-order valence-corrected chi connectivity index (χ1v) is 6.72. The van der Waals surface area contributed by atoms with Gasteiger partial charge in [0.15, 0.2) is 11.6 Å². The van der Waals surface area contributed by atoms with Crippen molar-refractivity contribution in [1.29, 1.82) is 0 Å². The molecule has 2 rings (SSSR count). The number of methoxy groups -OCH3 is 1.